The van der Waals surface area contributed by atoms with E-state index in [1.807, 2.05) is 36.4 Å². The van der Waals surface area contributed by atoms with E-state index in [4.69, 9.17) is 4.43 Å². The molecule has 0 amide bonds. The van der Waals surface area contributed by atoms with Gasteiger partial charge in [0, 0.05) is 5.56 Å². The Balaban J connectivity index is 2.35. The van der Waals surface area contributed by atoms with Gasteiger partial charge in [0.15, 0.2) is 8.32 Å². The molecule has 1 atom stereocenters. The third-order valence-electron chi connectivity index (χ3n) is 5.03. The second kappa shape index (κ2) is 10.2. The van der Waals surface area contributed by atoms with Crippen molar-refractivity contribution in [2.75, 3.05) is 0 Å². The highest BCUT2D eigenvalue weighted by Crippen LogP contribution is 2.26. The lowest BCUT2D eigenvalue weighted by atomic mass is 10.1. The van der Waals surface area contributed by atoms with Crippen molar-refractivity contribution in [3.63, 3.8) is 0 Å². The molecule has 0 fully saturated rings. The fraction of sp³-hybridized carbons (Fsp3) is 0.333. The zero-order valence-corrected chi connectivity index (χ0v) is 17.5. The lowest BCUT2D eigenvalue weighted by Gasteiger charge is -2.31. The summed E-state index contributed by atoms with van der Waals surface area (Å²) in [6.45, 7) is 8.92. The second-order valence-corrected chi connectivity index (χ2v) is 11.4. The SMILES string of the molecule is CC[Si](CC)(CC)OC(C#Cc1ccccc1)/C(C)=C/c1ccccc1. The molecule has 26 heavy (non-hydrogen) atoms. The van der Waals surface area contributed by atoms with E-state index in [1.54, 1.807) is 0 Å². The van der Waals surface area contributed by atoms with Gasteiger partial charge in [-0.25, -0.2) is 0 Å². The van der Waals surface area contributed by atoms with Crippen LogP contribution < -0.4 is 0 Å². The minimum atomic E-state index is -1.74. The normalized spacial score (nSPS) is 13.0. The van der Waals surface area contributed by atoms with Gasteiger partial charge < -0.3 is 4.43 Å². The van der Waals surface area contributed by atoms with E-state index in [2.05, 4.69) is 69.9 Å². The molecule has 0 aliphatic heterocycles. The van der Waals surface area contributed by atoms with Crippen LogP contribution in [0.25, 0.3) is 6.08 Å². The van der Waals surface area contributed by atoms with Crippen LogP contribution in [-0.4, -0.2) is 14.4 Å². The summed E-state index contributed by atoms with van der Waals surface area (Å²) in [5.41, 5.74) is 3.40. The van der Waals surface area contributed by atoms with Crippen molar-refractivity contribution in [1.29, 1.82) is 0 Å². The molecule has 0 aliphatic carbocycles. The van der Waals surface area contributed by atoms with Crippen LogP contribution in [0, 0.1) is 11.8 Å². The monoisotopic (exact) mass is 362 g/mol. The third kappa shape index (κ3) is 5.73. The van der Waals surface area contributed by atoms with E-state index < -0.39 is 8.32 Å². The molecule has 2 heteroatoms. The van der Waals surface area contributed by atoms with Gasteiger partial charge in [-0.3, -0.25) is 0 Å². The first kappa shape index (κ1) is 20.2. The van der Waals surface area contributed by atoms with Crippen LogP contribution in [0.2, 0.25) is 18.1 Å². The van der Waals surface area contributed by atoms with Gasteiger partial charge in [-0.2, -0.15) is 0 Å². The topological polar surface area (TPSA) is 9.23 Å². The molecular weight excluding hydrogens is 332 g/mol. The third-order valence-corrected chi connectivity index (χ3v) is 9.63. The molecule has 1 unspecified atom stereocenters. The van der Waals surface area contributed by atoms with Crippen LogP contribution >= 0.6 is 0 Å². The van der Waals surface area contributed by atoms with Gasteiger partial charge >= 0.3 is 0 Å². The van der Waals surface area contributed by atoms with Gasteiger partial charge in [-0.15, -0.1) is 0 Å². The standard InChI is InChI=1S/C24H30OSi/c1-5-26(6-2,7-3)25-24(19-18-22-14-10-8-11-15-22)21(4)20-23-16-12-9-13-17-23/h8-17,20,24H,5-7H2,1-4H3/b21-20+. The average molecular weight is 363 g/mol. The first-order chi connectivity index (χ1) is 12.6. The molecular formula is C24H30OSi. The number of benzene rings is 2. The van der Waals surface area contributed by atoms with Crippen molar-refractivity contribution in [3.8, 4) is 11.8 Å². The molecule has 1 nitrogen and oxygen atoms in total. The number of rotatable bonds is 7. The Hall–Kier alpha value is -2.08. The largest absolute Gasteiger partial charge is 0.400 e. The van der Waals surface area contributed by atoms with E-state index in [0.29, 0.717) is 0 Å². The number of hydrogen-bond acceptors (Lipinski definition) is 1. The van der Waals surface area contributed by atoms with Crippen LogP contribution in [0.3, 0.4) is 0 Å². The molecule has 2 aromatic carbocycles. The van der Waals surface area contributed by atoms with Crippen LogP contribution in [0.1, 0.15) is 38.8 Å². The smallest absolute Gasteiger partial charge is 0.194 e. The van der Waals surface area contributed by atoms with Gasteiger partial charge in [0.2, 0.25) is 0 Å². The fourth-order valence-electron chi connectivity index (χ4n) is 3.04. The zero-order chi connectivity index (χ0) is 18.8. The summed E-state index contributed by atoms with van der Waals surface area (Å²) in [5.74, 6) is 6.72. The highest BCUT2D eigenvalue weighted by Gasteiger charge is 2.32. The molecule has 0 radical (unpaired) electrons. The van der Waals surface area contributed by atoms with E-state index in [0.717, 1.165) is 23.7 Å². The highest BCUT2D eigenvalue weighted by atomic mass is 28.4. The molecule has 136 valence electrons. The van der Waals surface area contributed by atoms with Crippen LogP contribution in [0.4, 0.5) is 0 Å². The highest BCUT2D eigenvalue weighted by molar-refractivity contribution is 6.73. The van der Waals surface area contributed by atoms with Crippen LogP contribution in [0.5, 0.6) is 0 Å². The predicted molar refractivity (Wildman–Crippen MR) is 115 cm³/mol. The molecule has 2 aromatic rings. The summed E-state index contributed by atoms with van der Waals surface area (Å²) < 4.78 is 6.74. The maximum atomic E-state index is 6.74. The van der Waals surface area contributed by atoms with Gasteiger partial charge in [0.05, 0.1) is 0 Å². The van der Waals surface area contributed by atoms with Crippen LogP contribution in [-0.2, 0) is 4.43 Å². The minimum Gasteiger partial charge on any atom is -0.400 e. The summed E-state index contributed by atoms with van der Waals surface area (Å²) in [6, 6.07) is 23.9. The van der Waals surface area contributed by atoms with E-state index in [9.17, 15) is 0 Å². The minimum absolute atomic E-state index is 0.151. The Morgan fingerprint density at radius 1 is 0.923 bits per heavy atom. The van der Waals surface area contributed by atoms with Crippen molar-refractivity contribution in [2.24, 2.45) is 0 Å². The summed E-state index contributed by atoms with van der Waals surface area (Å²) in [7, 11) is -1.74. The van der Waals surface area contributed by atoms with Crippen molar-refractivity contribution >= 4 is 14.4 Å². The summed E-state index contributed by atoms with van der Waals surface area (Å²) in [6.07, 6.45) is 2.05. The quantitative estimate of drug-likeness (QED) is 0.402. The van der Waals surface area contributed by atoms with Crippen LogP contribution in [0.15, 0.2) is 66.2 Å². The molecule has 2 rings (SSSR count). The molecule has 0 aliphatic rings. The van der Waals surface area contributed by atoms with Gasteiger partial charge in [-0.1, -0.05) is 87.2 Å². The molecule has 0 saturated heterocycles. The average Bonchev–Trinajstić information content (AvgIpc) is 2.70. The van der Waals surface area contributed by atoms with Crippen molar-refractivity contribution in [1.82, 2.24) is 0 Å². The Kier molecular flexibility index (Phi) is 7.91. The molecule has 0 spiro atoms. The molecule has 0 aromatic heterocycles. The lowest BCUT2D eigenvalue weighted by Crippen LogP contribution is -2.40. The van der Waals surface area contributed by atoms with E-state index >= 15 is 0 Å². The maximum absolute atomic E-state index is 6.74. The molecule has 0 N–H and O–H groups in total. The van der Waals surface area contributed by atoms with Gasteiger partial charge in [0.1, 0.15) is 6.10 Å². The zero-order valence-electron chi connectivity index (χ0n) is 16.5. The Bertz CT molecular complexity index is 741. The lowest BCUT2D eigenvalue weighted by molar-refractivity contribution is 0.276. The van der Waals surface area contributed by atoms with Gasteiger partial charge in [-0.05, 0) is 48.3 Å². The van der Waals surface area contributed by atoms with Crippen molar-refractivity contribution in [2.45, 2.75) is 51.9 Å². The maximum Gasteiger partial charge on any atom is 0.194 e. The van der Waals surface area contributed by atoms with Crippen molar-refractivity contribution in [3.05, 3.63) is 77.4 Å². The second-order valence-electron chi connectivity index (χ2n) is 6.68. The van der Waals surface area contributed by atoms with Gasteiger partial charge in [0.25, 0.3) is 0 Å². The molecule has 0 heterocycles. The van der Waals surface area contributed by atoms with E-state index in [-0.39, 0.29) is 6.10 Å². The predicted octanol–water partition coefficient (Wildman–Crippen LogP) is 6.53. The summed E-state index contributed by atoms with van der Waals surface area (Å²) >= 11 is 0. The van der Waals surface area contributed by atoms with E-state index in [1.165, 1.54) is 11.1 Å². The first-order valence-electron chi connectivity index (χ1n) is 9.60. The Morgan fingerprint density at radius 2 is 1.46 bits per heavy atom. The van der Waals surface area contributed by atoms with Crippen molar-refractivity contribution < 1.29 is 4.43 Å². The molecule has 0 bridgehead atoms. The fourth-order valence-corrected chi connectivity index (χ4v) is 5.79. The Labute approximate surface area is 160 Å². The molecule has 0 saturated carbocycles. The Morgan fingerprint density at radius 3 is 2.00 bits per heavy atom. The summed E-state index contributed by atoms with van der Waals surface area (Å²) in [4.78, 5) is 0. The number of hydrogen-bond donors (Lipinski definition) is 0. The summed E-state index contributed by atoms with van der Waals surface area (Å²) in [5, 5.41) is 0. The first-order valence-corrected chi connectivity index (χ1v) is 12.1.